The fourth-order valence-electron chi connectivity index (χ4n) is 2.81. The molecule has 20 heavy (non-hydrogen) atoms. The molecule has 104 valence electrons. The highest BCUT2D eigenvalue weighted by molar-refractivity contribution is 5.50. The van der Waals surface area contributed by atoms with Crippen LogP contribution in [-0.2, 0) is 6.42 Å². The van der Waals surface area contributed by atoms with Gasteiger partial charge in [-0.3, -0.25) is 0 Å². The molecule has 3 rings (SSSR count). The van der Waals surface area contributed by atoms with E-state index in [9.17, 15) is 0 Å². The number of aromatic nitrogens is 2. The zero-order valence-electron chi connectivity index (χ0n) is 11.3. The highest BCUT2D eigenvalue weighted by Crippen LogP contribution is 2.55. The molecule has 1 aromatic carbocycles. The van der Waals surface area contributed by atoms with E-state index in [0.29, 0.717) is 30.6 Å². The van der Waals surface area contributed by atoms with Crippen LogP contribution in [-0.4, -0.2) is 16.5 Å². The Morgan fingerprint density at radius 1 is 1.05 bits per heavy atom. The smallest absolute Gasteiger partial charge is 0.222 e. The fraction of sp³-hybridized carbons (Fsp3) is 0.333. The Labute approximate surface area is 118 Å². The molecule has 5 nitrogen and oxygen atoms in total. The lowest BCUT2D eigenvalue weighted by Crippen LogP contribution is -2.13. The van der Waals surface area contributed by atoms with Crippen LogP contribution < -0.4 is 17.2 Å². The number of nitrogens with two attached hydrogens (primary N) is 3. The molecule has 0 aliphatic heterocycles. The van der Waals surface area contributed by atoms with Gasteiger partial charge in [0.15, 0.2) is 0 Å². The number of anilines is 2. The minimum Gasteiger partial charge on any atom is -0.383 e. The van der Waals surface area contributed by atoms with E-state index < -0.39 is 0 Å². The first-order valence-electron chi connectivity index (χ1n) is 6.87. The minimum absolute atomic E-state index is 0.247. The molecule has 2 atom stereocenters. The third kappa shape index (κ3) is 2.32. The number of benzene rings is 1. The topological polar surface area (TPSA) is 104 Å². The molecule has 1 fully saturated rings. The molecule has 0 unspecified atom stereocenters. The first kappa shape index (κ1) is 12.9. The Balaban J connectivity index is 1.92. The number of rotatable bonds is 4. The van der Waals surface area contributed by atoms with E-state index >= 15 is 0 Å². The van der Waals surface area contributed by atoms with Crippen molar-refractivity contribution in [2.45, 2.75) is 24.7 Å². The average Bonchev–Trinajstić information content (AvgIpc) is 3.23. The third-order valence-electron chi connectivity index (χ3n) is 3.85. The van der Waals surface area contributed by atoms with E-state index in [1.165, 1.54) is 5.56 Å². The van der Waals surface area contributed by atoms with Crippen molar-refractivity contribution in [2.75, 3.05) is 18.0 Å². The Bertz CT molecular complexity index is 611. The zero-order valence-corrected chi connectivity index (χ0v) is 11.3. The summed E-state index contributed by atoms with van der Waals surface area (Å²) < 4.78 is 0. The number of hydrogen-bond acceptors (Lipinski definition) is 5. The Hall–Kier alpha value is -2.14. The average molecular weight is 269 g/mol. The molecule has 0 bridgehead atoms. The second kappa shape index (κ2) is 5.09. The van der Waals surface area contributed by atoms with Crippen molar-refractivity contribution < 1.29 is 0 Å². The van der Waals surface area contributed by atoms with Gasteiger partial charge in [0.1, 0.15) is 5.82 Å². The minimum atomic E-state index is 0.247. The lowest BCUT2D eigenvalue weighted by atomic mass is 10.0. The quantitative estimate of drug-likeness (QED) is 0.778. The lowest BCUT2D eigenvalue weighted by molar-refractivity contribution is 0.875. The van der Waals surface area contributed by atoms with E-state index in [-0.39, 0.29) is 5.95 Å². The summed E-state index contributed by atoms with van der Waals surface area (Å²) in [6.07, 6.45) is 1.77. The van der Waals surface area contributed by atoms with E-state index in [1.807, 2.05) is 6.07 Å². The maximum absolute atomic E-state index is 5.97. The van der Waals surface area contributed by atoms with Crippen molar-refractivity contribution in [3.05, 3.63) is 47.2 Å². The van der Waals surface area contributed by atoms with Gasteiger partial charge in [-0.2, -0.15) is 4.98 Å². The third-order valence-corrected chi connectivity index (χ3v) is 3.85. The molecule has 2 aromatic rings. The molecule has 0 radical (unpaired) electrons. The highest BCUT2D eigenvalue weighted by atomic mass is 15.0. The van der Waals surface area contributed by atoms with Crippen molar-refractivity contribution in [1.29, 1.82) is 0 Å². The highest BCUT2D eigenvalue weighted by Gasteiger charge is 2.42. The van der Waals surface area contributed by atoms with Gasteiger partial charge in [-0.25, -0.2) is 4.98 Å². The van der Waals surface area contributed by atoms with Crippen LogP contribution >= 0.6 is 0 Å². The van der Waals surface area contributed by atoms with Crippen molar-refractivity contribution in [3.63, 3.8) is 0 Å². The van der Waals surface area contributed by atoms with Crippen molar-refractivity contribution in [1.82, 2.24) is 9.97 Å². The normalized spacial score (nSPS) is 20.9. The number of hydrogen-bond donors (Lipinski definition) is 3. The molecule has 1 saturated carbocycles. The van der Waals surface area contributed by atoms with E-state index in [0.717, 1.165) is 17.7 Å². The maximum Gasteiger partial charge on any atom is 0.222 e. The summed E-state index contributed by atoms with van der Waals surface area (Å²) in [6.45, 7) is 0.535. The van der Waals surface area contributed by atoms with Crippen LogP contribution in [0.1, 0.15) is 35.1 Å². The molecule has 5 heteroatoms. The molecule has 1 heterocycles. The molecule has 0 amide bonds. The summed E-state index contributed by atoms with van der Waals surface area (Å²) in [5.74, 6) is 1.60. The molecule has 6 N–H and O–H groups in total. The summed E-state index contributed by atoms with van der Waals surface area (Å²) in [5, 5.41) is 0. The Morgan fingerprint density at radius 3 is 2.50 bits per heavy atom. The zero-order chi connectivity index (χ0) is 14.1. The van der Waals surface area contributed by atoms with Gasteiger partial charge < -0.3 is 17.2 Å². The lowest BCUT2D eigenvalue weighted by Gasteiger charge is -2.11. The summed E-state index contributed by atoms with van der Waals surface area (Å²) in [5.41, 5.74) is 20.7. The van der Waals surface area contributed by atoms with Crippen LogP contribution in [0.15, 0.2) is 30.3 Å². The van der Waals surface area contributed by atoms with Crippen molar-refractivity contribution in [3.8, 4) is 0 Å². The van der Waals surface area contributed by atoms with Gasteiger partial charge in [0, 0.05) is 11.5 Å². The molecule has 1 aliphatic rings. The van der Waals surface area contributed by atoms with Gasteiger partial charge in [0.2, 0.25) is 5.95 Å². The summed E-state index contributed by atoms with van der Waals surface area (Å²) >= 11 is 0. The van der Waals surface area contributed by atoms with Crippen LogP contribution in [0.25, 0.3) is 0 Å². The molecule has 1 aromatic heterocycles. The first-order chi connectivity index (χ1) is 9.70. The predicted octanol–water partition coefficient (Wildman–Crippen LogP) is 1.41. The second-order valence-corrected chi connectivity index (χ2v) is 5.23. The molecular formula is C15H19N5. The van der Waals surface area contributed by atoms with Gasteiger partial charge in [0.25, 0.3) is 0 Å². The van der Waals surface area contributed by atoms with Gasteiger partial charge in [-0.05, 0) is 30.9 Å². The van der Waals surface area contributed by atoms with Gasteiger partial charge in [-0.15, -0.1) is 0 Å². The van der Waals surface area contributed by atoms with Crippen LogP contribution in [0.2, 0.25) is 0 Å². The number of nitrogens with zero attached hydrogens (tertiary/aromatic N) is 2. The SMILES string of the molecule is NCCc1c(N)nc(N)nc1[C@@H]1C[C@H]1c1ccccc1. The second-order valence-electron chi connectivity index (χ2n) is 5.23. The van der Waals surface area contributed by atoms with Gasteiger partial charge in [0.05, 0.1) is 5.69 Å². The summed E-state index contributed by atoms with van der Waals surface area (Å²) in [6, 6.07) is 10.5. The Morgan fingerprint density at radius 2 is 1.80 bits per heavy atom. The fourth-order valence-corrected chi connectivity index (χ4v) is 2.81. The molecule has 1 aliphatic carbocycles. The van der Waals surface area contributed by atoms with E-state index in [4.69, 9.17) is 17.2 Å². The largest absolute Gasteiger partial charge is 0.383 e. The summed E-state index contributed by atoms with van der Waals surface area (Å²) in [7, 11) is 0. The molecule has 0 saturated heterocycles. The van der Waals surface area contributed by atoms with Crippen LogP contribution in [0.4, 0.5) is 11.8 Å². The monoisotopic (exact) mass is 269 g/mol. The first-order valence-corrected chi connectivity index (χ1v) is 6.87. The number of nitrogen functional groups attached to an aromatic ring is 2. The van der Waals surface area contributed by atoms with Crippen molar-refractivity contribution in [2.24, 2.45) is 5.73 Å². The van der Waals surface area contributed by atoms with Crippen LogP contribution in [0.3, 0.4) is 0 Å². The van der Waals surface area contributed by atoms with Crippen LogP contribution in [0.5, 0.6) is 0 Å². The Kier molecular flexibility index (Phi) is 3.28. The summed E-state index contributed by atoms with van der Waals surface area (Å²) in [4.78, 5) is 8.47. The molecule has 0 spiro atoms. The van der Waals surface area contributed by atoms with Crippen LogP contribution in [0, 0.1) is 0 Å². The van der Waals surface area contributed by atoms with Gasteiger partial charge >= 0.3 is 0 Å². The van der Waals surface area contributed by atoms with Gasteiger partial charge in [-0.1, -0.05) is 30.3 Å². The van der Waals surface area contributed by atoms with E-state index in [1.54, 1.807) is 0 Å². The standard InChI is InChI=1S/C15H19N5/c16-7-6-10-13(19-15(18)20-14(10)17)12-8-11(12)9-4-2-1-3-5-9/h1-5,11-12H,6-8,16H2,(H4,17,18,19,20)/t11-,12+/m0/s1. The molecular weight excluding hydrogens is 250 g/mol. The maximum atomic E-state index is 5.97. The van der Waals surface area contributed by atoms with Crippen molar-refractivity contribution >= 4 is 11.8 Å². The predicted molar refractivity (Wildman–Crippen MR) is 80.2 cm³/mol. The van der Waals surface area contributed by atoms with E-state index in [2.05, 4.69) is 34.2 Å².